The lowest BCUT2D eigenvalue weighted by molar-refractivity contribution is -0.131. The fraction of sp³-hybridized carbons (Fsp3) is 0.818. The van der Waals surface area contributed by atoms with E-state index in [1.54, 1.807) is 0 Å². The van der Waals surface area contributed by atoms with Crippen molar-refractivity contribution in [3.05, 3.63) is 0 Å². The summed E-state index contributed by atoms with van der Waals surface area (Å²) in [7, 11) is 0. The Morgan fingerprint density at radius 3 is 2.56 bits per heavy atom. The van der Waals surface area contributed by atoms with Gasteiger partial charge in [-0.05, 0) is 32.2 Å². The van der Waals surface area contributed by atoms with Crippen molar-refractivity contribution in [3.8, 4) is 0 Å². The number of carbonyl (C=O) groups excluding carboxylic acids is 1. The third-order valence-corrected chi connectivity index (χ3v) is 3.76. The molecule has 0 aromatic heterocycles. The van der Waals surface area contributed by atoms with Gasteiger partial charge in [-0.15, -0.1) is 0 Å². The summed E-state index contributed by atoms with van der Waals surface area (Å²) in [5.74, 6) is 0.237. The van der Waals surface area contributed by atoms with Gasteiger partial charge in [-0.1, -0.05) is 12.2 Å². The highest BCUT2D eigenvalue weighted by molar-refractivity contribution is 7.80. The molecule has 2 N–H and O–H groups in total. The molecule has 0 bridgehead atoms. The number of thiocarbonyl (C=S) groups is 1. The van der Waals surface area contributed by atoms with Crippen LogP contribution in [-0.2, 0) is 4.79 Å². The summed E-state index contributed by atoms with van der Waals surface area (Å²) < 4.78 is 0. The van der Waals surface area contributed by atoms with Crippen LogP contribution in [0.5, 0.6) is 0 Å². The van der Waals surface area contributed by atoms with Gasteiger partial charge in [0.15, 0.2) is 0 Å². The van der Waals surface area contributed by atoms with Gasteiger partial charge in [0.1, 0.15) is 0 Å². The predicted octanol–water partition coefficient (Wildman–Crippen LogP) is 0.359. The number of nitrogens with two attached hydrogens (primary N) is 1. The highest BCUT2D eigenvalue weighted by atomic mass is 32.1. The molecule has 16 heavy (non-hydrogen) atoms. The molecule has 2 rings (SSSR count). The second-order valence-electron chi connectivity index (χ2n) is 4.62. The highest BCUT2D eigenvalue weighted by Gasteiger charge is 2.30. The van der Waals surface area contributed by atoms with Crippen LogP contribution < -0.4 is 5.73 Å². The Bertz CT molecular complexity index is 289. The van der Waals surface area contributed by atoms with Gasteiger partial charge in [0.2, 0.25) is 5.91 Å². The molecule has 2 aliphatic heterocycles. The average Bonchev–Trinajstić information content (AvgIpc) is 2.86. The quantitative estimate of drug-likeness (QED) is 0.725. The van der Waals surface area contributed by atoms with E-state index in [4.69, 9.17) is 18.0 Å². The van der Waals surface area contributed by atoms with Gasteiger partial charge in [-0.3, -0.25) is 9.69 Å². The summed E-state index contributed by atoms with van der Waals surface area (Å²) in [4.78, 5) is 16.6. The summed E-state index contributed by atoms with van der Waals surface area (Å²) in [5.41, 5.74) is 5.68. The molecule has 0 radical (unpaired) electrons. The third kappa shape index (κ3) is 2.52. The molecule has 2 fully saturated rings. The number of rotatable bonds is 3. The van der Waals surface area contributed by atoms with E-state index < -0.39 is 0 Å². The van der Waals surface area contributed by atoms with Gasteiger partial charge in [0, 0.05) is 13.1 Å². The van der Waals surface area contributed by atoms with Gasteiger partial charge in [0.25, 0.3) is 0 Å². The van der Waals surface area contributed by atoms with Gasteiger partial charge >= 0.3 is 0 Å². The lowest BCUT2D eigenvalue weighted by atomic mass is 10.2. The van der Waals surface area contributed by atoms with Crippen LogP contribution in [0.1, 0.15) is 25.7 Å². The third-order valence-electron chi connectivity index (χ3n) is 3.49. The van der Waals surface area contributed by atoms with Crippen molar-refractivity contribution in [2.24, 2.45) is 5.73 Å². The van der Waals surface area contributed by atoms with E-state index >= 15 is 0 Å². The molecule has 1 unspecified atom stereocenters. The normalized spacial score (nSPS) is 26.2. The average molecular weight is 241 g/mol. The topological polar surface area (TPSA) is 49.6 Å². The maximum atomic E-state index is 12.0. The fourth-order valence-electron chi connectivity index (χ4n) is 2.58. The van der Waals surface area contributed by atoms with Crippen molar-refractivity contribution in [2.75, 3.05) is 26.2 Å². The maximum absolute atomic E-state index is 12.0. The molecule has 1 amide bonds. The Labute approximate surface area is 102 Å². The second kappa shape index (κ2) is 5.10. The van der Waals surface area contributed by atoms with Crippen LogP contribution in [-0.4, -0.2) is 52.9 Å². The number of hydrogen-bond donors (Lipinski definition) is 1. The molecule has 0 saturated carbocycles. The lowest BCUT2D eigenvalue weighted by Gasteiger charge is -2.25. The van der Waals surface area contributed by atoms with E-state index in [0.29, 0.717) is 11.5 Å². The summed E-state index contributed by atoms with van der Waals surface area (Å²) in [6, 6.07) is 0.140. The minimum Gasteiger partial charge on any atom is -0.392 e. The van der Waals surface area contributed by atoms with Crippen LogP contribution >= 0.6 is 12.2 Å². The van der Waals surface area contributed by atoms with Gasteiger partial charge in [-0.25, -0.2) is 0 Å². The largest absolute Gasteiger partial charge is 0.392 e. The van der Waals surface area contributed by atoms with E-state index in [2.05, 4.69) is 4.90 Å². The fourth-order valence-corrected chi connectivity index (χ4v) is 2.84. The molecular formula is C11H19N3OS. The zero-order chi connectivity index (χ0) is 11.5. The molecule has 4 nitrogen and oxygen atoms in total. The summed E-state index contributed by atoms with van der Waals surface area (Å²) in [6.45, 7) is 3.28. The number of hydrogen-bond acceptors (Lipinski definition) is 3. The first-order valence-corrected chi connectivity index (χ1v) is 6.40. The van der Waals surface area contributed by atoms with Gasteiger partial charge in [-0.2, -0.15) is 0 Å². The standard InChI is InChI=1S/C11H19N3OS/c12-11(16)9-4-3-7-14(9)8-10(15)13-5-1-2-6-13/h9H,1-8H2,(H2,12,16). The number of likely N-dealkylation sites (tertiary alicyclic amines) is 2. The Kier molecular flexibility index (Phi) is 3.76. The van der Waals surface area contributed by atoms with E-state index in [-0.39, 0.29) is 11.9 Å². The Morgan fingerprint density at radius 2 is 1.94 bits per heavy atom. The molecule has 0 aromatic rings. The SMILES string of the molecule is NC(=S)C1CCCN1CC(=O)N1CCCC1. The highest BCUT2D eigenvalue weighted by Crippen LogP contribution is 2.18. The molecular weight excluding hydrogens is 222 g/mol. The molecule has 0 aliphatic carbocycles. The van der Waals surface area contributed by atoms with E-state index in [9.17, 15) is 4.79 Å². The van der Waals surface area contributed by atoms with Crippen molar-refractivity contribution < 1.29 is 4.79 Å². The van der Waals surface area contributed by atoms with Crippen LogP contribution in [0.15, 0.2) is 0 Å². The first kappa shape index (κ1) is 11.8. The summed E-state index contributed by atoms with van der Waals surface area (Å²) >= 11 is 5.03. The van der Waals surface area contributed by atoms with Gasteiger partial charge < -0.3 is 10.6 Å². The lowest BCUT2D eigenvalue weighted by Crippen LogP contribution is -2.45. The van der Waals surface area contributed by atoms with Crippen molar-refractivity contribution >= 4 is 23.1 Å². The molecule has 1 atom stereocenters. The predicted molar refractivity (Wildman–Crippen MR) is 67.2 cm³/mol. The van der Waals surface area contributed by atoms with Gasteiger partial charge in [0.05, 0.1) is 17.6 Å². The maximum Gasteiger partial charge on any atom is 0.236 e. The summed E-state index contributed by atoms with van der Waals surface area (Å²) in [5, 5.41) is 0. The van der Waals surface area contributed by atoms with Crippen LogP contribution in [0.4, 0.5) is 0 Å². The molecule has 2 heterocycles. The van der Waals surface area contributed by atoms with Crippen LogP contribution in [0.25, 0.3) is 0 Å². The smallest absolute Gasteiger partial charge is 0.236 e. The minimum absolute atomic E-state index is 0.140. The molecule has 2 aliphatic rings. The Hall–Kier alpha value is -0.680. The van der Waals surface area contributed by atoms with E-state index in [0.717, 1.165) is 45.3 Å². The monoisotopic (exact) mass is 241 g/mol. The number of carbonyl (C=O) groups is 1. The zero-order valence-electron chi connectivity index (χ0n) is 9.52. The summed E-state index contributed by atoms with van der Waals surface area (Å²) in [6.07, 6.45) is 4.38. The van der Waals surface area contributed by atoms with E-state index in [1.165, 1.54) is 0 Å². The molecule has 90 valence electrons. The molecule has 0 aromatic carbocycles. The number of nitrogens with zero attached hydrogens (tertiary/aromatic N) is 2. The van der Waals surface area contributed by atoms with Crippen LogP contribution in [0, 0.1) is 0 Å². The first-order chi connectivity index (χ1) is 7.68. The zero-order valence-corrected chi connectivity index (χ0v) is 10.3. The first-order valence-electron chi connectivity index (χ1n) is 5.99. The Morgan fingerprint density at radius 1 is 1.25 bits per heavy atom. The van der Waals surface area contributed by atoms with Crippen LogP contribution in [0.2, 0.25) is 0 Å². The van der Waals surface area contributed by atoms with Crippen molar-refractivity contribution in [3.63, 3.8) is 0 Å². The van der Waals surface area contributed by atoms with Crippen molar-refractivity contribution in [1.29, 1.82) is 0 Å². The minimum atomic E-state index is 0.140. The molecule has 5 heteroatoms. The second-order valence-corrected chi connectivity index (χ2v) is 5.09. The molecule has 2 saturated heterocycles. The van der Waals surface area contributed by atoms with E-state index in [1.807, 2.05) is 4.90 Å². The number of amides is 1. The molecule has 0 spiro atoms. The van der Waals surface area contributed by atoms with Crippen molar-refractivity contribution in [1.82, 2.24) is 9.80 Å². The van der Waals surface area contributed by atoms with Crippen molar-refractivity contribution in [2.45, 2.75) is 31.7 Å². The van der Waals surface area contributed by atoms with Crippen LogP contribution in [0.3, 0.4) is 0 Å². The Balaban J connectivity index is 1.88.